The molecule has 10 heteroatoms. The zero-order valence-corrected chi connectivity index (χ0v) is 19.1. The maximum atomic E-state index is 5.53. The van der Waals surface area contributed by atoms with Crippen LogP contribution in [-0.2, 0) is 13.0 Å². The van der Waals surface area contributed by atoms with Crippen molar-refractivity contribution >= 4 is 22.6 Å². The SMILES string of the molecule is CCc1nsc(N2CCN(C(=NC)NCc3cc(OC)c(OC)cc3OC)CC2)n1. The molecule has 0 saturated carbocycles. The van der Waals surface area contributed by atoms with Gasteiger partial charge < -0.3 is 29.3 Å². The van der Waals surface area contributed by atoms with Crippen molar-refractivity contribution in [1.82, 2.24) is 19.6 Å². The Morgan fingerprint density at radius 2 is 1.73 bits per heavy atom. The highest BCUT2D eigenvalue weighted by Gasteiger charge is 2.22. The maximum absolute atomic E-state index is 5.53. The standard InChI is InChI=1S/C20H30N6O3S/c1-6-18-23-20(30-24-18)26-9-7-25(8-10-26)19(21-2)22-13-14-11-16(28-4)17(29-5)12-15(14)27-3/h11-12H,6-10,13H2,1-5H3,(H,21,22). The van der Waals surface area contributed by atoms with Gasteiger partial charge in [-0.3, -0.25) is 4.99 Å². The number of piperazine rings is 1. The lowest BCUT2D eigenvalue weighted by atomic mass is 10.1. The van der Waals surface area contributed by atoms with Crippen LogP contribution in [0.2, 0.25) is 0 Å². The van der Waals surface area contributed by atoms with E-state index in [1.807, 2.05) is 12.1 Å². The first-order valence-electron chi connectivity index (χ1n) is 9.95. The summed E-state index contributed by atoms with van der Waals surface area (Å²) >= 11 is 1.48. The zero-order valence-electron chi connectivity index (χ0n) is 18.3. The van der Waals surface area contributed by atoms with Crippen molar-refractivity contribution in [3.8, 4) is 17.2 Å². The van der Waals surface area contributed by atoms with Gasteiger partial charge in [-0.2, -0.15) is 4.37 Å². The van der Waals surface area contributed by atoms with Gasteiger partial charge >= 0.3 is 0 Å². The number of hydrogen-bond donors (Lipinski definition) is 1. The second-order valence-corrected chi connectivity index (χ2v) is 7.47. The molecular formula is C20H30N6O3S. The van der Waals surface area contributed by atoms with Crippen LogP contribution in [0.4, 0.5) is 5.13 Å². The number of anilines is 1. The third-order valence-corrected chi connectivity index (χ3v) is 5.87. The molecule has 0 aliphatic carbocycles. The van der Waals surface area contributed by atoms with E-state index in [0.717, 1.165) is 60.8 Å². The fraction of sp³-hybridized carbons (Fsp3) is 0.550. The van der Waals surface area contributed by atoms with Gasteiger partial charge in [0.05, 0.1) is 21.3 Å². The molecule has 1 aromatic heterocycles. The Hall–Kier alpha value is -2.75. The second-order valence-electron chi connectivity index (χ2n) is 6.74. The third-order valence-electron chi connectivity index (χ3n) is 5.06. The highest BCUT2D eigenvalue weighted by molar-refractivity contribution is 7.09. The summed E-state index contributed by atoms with van der Waals surface area (Å²) in [5.74, 6) is 3.82. The molecule has 1 aromatic carbocycles. The molecule has 1 N–H and O–H groups in total. The molecule has 164 valence electrons. The Morgan fingerprint density at radius 1 is 1.07 bits per heavy atom. The average Bonchev–Trinajstić information content (AvgIpc) is 3.28. The molecule has 3 rings (SSSR count). The van der Waals surface area contributed by atoms with Crippen molar-refractivity contribution in [3.05, 3.63) is 23.5 Å². The second kappa shape index (κ2) is 10.3. The van der Waals surface area contributed by atoms with E-state index in [1.165, 1.54) is 11.5 Å². The molecule has 0 unspecified atom stereocenters. The topological polar surface area (TPSA) is 84.3 Å². The molecule has 30 heavy (non-hydrogen) atoms. The predicted molar refractivity (Wildman–Crippen MR) is 119 cm³/mol. The highest BCUT2D eigenvalue weighted by atomic mass is 32.1. The normalized spacial score (nSPS) is 14.6. The zero-order chi connectivity index (χ0) is 21.5. The number of ether oxygens (including phenoxy) is 3. The Labute approximate surface area is 181 Å². The Morgan fingerprint density at radius 3 is 2.30 bits per heavy atom. The number of hydrogen-bond acceptors (Lipinski definition) is 8. The summed E-state index contributed by atoms with van der Waals surface area (Å²) in [6.45, 7) is 6.14. The van der Waals surface area contributed by atoms with E-state index >= 15 is 0 Å². The largest absolute Gasteiger partial charge is 0.496 e. The number of rotatable bonds is 7. The quantitative estimate of drug-likeness (QED) is 0.523. The van der Waals surface area contributed by atoms with Crippen LogP contribution in [0.1, 0.15) is 18.3 Å². The Kier molecular flexibility index (Phi) is 7.56. The molecule has 1 fully saturated rings. The summed E-state index contributed by atoms with van der Waals surface area (Å²) in [6, 6.07) is 3.76. The van der Waals surface area contributed by atoms with Crippen LogP contribution in [0.25, 0.3) is 0 Å². The van der Waals surface area contributed by atoms with Gasteiger partial charge in [0.2, 0.25) is 5.13 Å². The number of aryl methyl sites for hydroxylation is 1. The van der Waals surface area contributed by atoms with E-state index in [1.54, 1.807) is 28.4 Å². The number of nitrogens with zero attached hydrogens (tertiary/aromatic N) is 5. The molecule has 2 heterocycles. The number of aliphatic imine (C=N–C) groups is 1. The molecular weight excluding hydrogens is 404 g/mol. The summed E-state index contributed by atoms with van der Waals surface area (Å²) in [4.78, 5) is 13.6. The van der Waals surface area contributed by atoms with Crippen molar-refractivity contribution in [3.63, 3.8) is 0 Å². The van der Waals surface area contributed by atoms with E-state index < -0.39 is 0 Å². The van der Waals surface area contributed by atoms with Crippen LogP contribution in [0.3, 0.4) is 0 Å². The van der Waals surface area contributed by atoms with Crippen LogP contribution < -0.4 is 24.4 Å². The first kappa shape index (κ1) is 21.9. The lowest BCUT2D eigenvalue weighted by molar-refractivity contribution is 0.346. The molecule has 1 aliphatic heterocycles. The predicted octanol–water partition coefficient (Wildman–Crippen LogP) is 2.02. The summed E-state index contributed by atoms with van der Waals surface area (Å²) in [7, 11) is 6.69. The van der Waals surface area contributed by atoms with Gasteiger partial charge in [0.1, 0.15) is 11.6 Å². The van der Waals surface area contributed by atoms with Crippen LogP contribution in [0.5, 0.6) is 17.2 Å². The molecule has 0 spiro atoms. The van der Waals surface area contributed by atoms with E-state index in [0.29, 0.717) is 18.0 Å². The average molecular weight is 435 g/mol. The van der Waals surface area contributed by atoms with Crippen molar-refractivity contribution < 1.29 is 14.2 Å². The van der Waals surface area contributed by atoms with Gasteiger partial charge in [-0.25, -0.2) is 4.98 Å². The van der Waals surface area contributed by atoms with E-state index in [2.05, 4.69) is 36.4 Å². The van der Waals surface area contributed by atoms with E-state index in [4.69, 9.17) is 14.2 Å². The lowest BCUT2D eigenvalue weighted by Crippen LogP contribution is -2.52. The first-order valence-corrected chi connectivity index (χ1v) is 10.7. The number of methoxy groups -OCH3 is 3. The third kappa shape index (κ3) is 4.86. The molecule has 0 atom stereocenters. The van der Waals surface area contributed by atoms with Crippen LogP contribution in [0, 0.1) is 0 Å². The van der Waals surface area contributed by atoms with Crippen molar-refractivity contribution in [2.45, 2.75) is 19.9 Å². The van der Waals surface area contributed by atoms with E-state index in [9.17, 15) is 0 Å². The Bertz CT molecular complexity index is 864. The molecule has 2 aromatic rings. The minimum Gasteiger partial charge on any atom is -0.496 e. The van der Waals surface area contributed by atoms with Gasteiger partial charge in [0, 0.05) is 69.4 Å². The van der Waals surface area contributed by atoms with Gasteiger partial charge in [0.25, 0.3) is 0 Å². The molecule has 1 saturated heterocycles. The smallest absolute Gasteiger partial charge is 0.205 e. The number of aromatic nitrogens is 2. The maximum Gasteiger partial charge on any atom is 0.205 e. The number of guanidine groups is 1. The van der Waals surface area contributed by atoms with Crippen molar-refractivity contribution in [2.75, 3.05) is 59.5 Å². The first-order chi connectivity index (χ1) is 14.6. The van der Waals surface area contributed by atoms with Crippen molar-refractivity contribution in [1.29, 1.82) is 0 Å². The fourth-order valence-corrected chi connectivity index (χ4v) is 4.16. The molecule has 0 amide bonds. The minimum absolute atomic E-state index is 0.562. The summed E-state index contributed by atoms with van der Waals surface area (Å²) in [5, 5.41) is 4.45. The molecule has 9 nitrogen and oxygen atoms in total. The van der Waals surface area contributed by atoms with Crippen LogP contribution in [-0.4, -0.2) is 74.8 Å². The lowest BCUT2D eigenvalue weighted by Gasteiger charge is -2.36. The van der Waals surface area contributed by atoms with Gasteiger partial charge in [0.15, 0.2) is 17.5 Å². The van der Waals surface area contributed by atoms with Gasteiger partial charge in [-0.15, -0.1) is 0 Å². The van der Waals surface area contributed by atoms with Crippen LogP contribution >= 0.6 is 11.5 Å². The summed E-state index contributed by atoms with van der Waals surface area (Å²) < 4.78 is 20.7. The molecule has 1 aliphatic rings. The van der Waals surface area contributed by atoms with Gasteiger partial charge in [-0.1, -0.05) is 6.92 Å². The highest BCUT2D eigenvalue weighted by Crippen LogP contribution is 2.34. The monoisotopic (exact) mass is 434 g/mol. The number of benzene rings is 1. The van der Waals surface area contributed by atoms with Crippen LogP contribution in [0.15, 0.2) is 17.1 Å². The molecule has 0 radical (unpaired) electrons. The Balaban J connectivity index is 1.61. The fourth-order valence-electron chi connectivity index (χ4n) is 3.36. The van der Waals surface area contributed by atoms with E-state index in [-0.39, 0.29) is 0 Å². The van der Waals surface area contributed by atoms with Crippen molar-refractivity contribution in [2.24, 2.45) is 4.99 Å². The number of nitrogens with one attached hydrogen (secondary N) is 1. The van der Waals surface area contributed by atoms with Gasteiger partial charge in [-0.05, 0) is 6.07 Å². The molecule has 0 bridgehead atoms. The summed E-state index contributed by atoms with van der Waals surface area (Å²) in [6.07, 6.45) is 0.868. The minimum atomic E-state index is 0.562. The summed E-state index contributed by atoms with van der Waals surface area (Å²) in [5.41, 5.74) is 0.968.